The highest BCUT2D eigenvalue weighted by Gasteiger charge is 2.23. The smallest absolute Gasteiger partial charge is 0.266 e. The third-order valence-corrected chi connectivity index (χ3v) is 5.53. The molecule has 5 heterocycles. The molecule has 1 aliphatic heterocycles. The maximum atomic E-state index is 12.3. The summed E-state index contributed by atoms with van der Waals surface area (Å²) >= 11 is 0. The molecule has 9 heteroatoms. The molecule has 1 saturated heterocycles. The quantitative estimate of drug-likeness (QED) is 0.515. The van der Waals surface area contributed by atoms with E-state index in [0.29, 0.717) is 18.3 Å². The molecule has 1 aliphatic rings. The van der Waals surface area contributed by atoms with Gasteiger partial charge in [0.15, 0.2) is 5.82 Å². The lowest BCUT2D eigenvalue weighted by Gasteiger charge is -2.33. The Morgan fingerprint density at radius 2 is 1.97 bits per heavy atom. The number of nitrogens with zero attached hydrogens (tertiary/aromatic N) is 8. The number of pyridine rings is 1. The second-order valence-corrected chi connectivity index (χ2v) is 7.58. The summed E-state index contributed by atoms with van der Waals surface area (Å²) in [6.07, 6.45) is 9.01. The van der Waals surface area contributed by atoms with Gasteiger partial charge in [-0.2, -0.15) is 5.10 Å². The third kappa shape index (κ3) is 3.54. The molecule has 152 valence electrons. The van der Waals surface area contributed by atoms with E-state index in [9.17, 15) is 4.79 Å². The summed E-state index contributed by atoms with van der Waals surface area (Å²) < 4.78 is 3.23. The van der Waals surface area contributed by atoms with Crippen LogP contribution in [0, 0.1) is 12.8 Å². The SMILES string of the molecule is Cc1nc(N2CCC(Cn3nc(-n4cccn4)ccc3=O)CC2)c2ccncc2n1. The highest BCUT2D eigenvalue weighted by molar-refractivity contribution is 5.88. The summed E-state index contributed by atoms with van der Waals surface area (Å²) in [6, 6.07) is 7.07. The van der Waals surface area contributed by atoms with Crippen molar-refractivity contribution in [3.63, 3.8) is 0 Å². The first-order chi connectivity index (χ1) is 14.7. The first kappa shape index (κ1) is 18.4. The Morgan fingerprint density at radius 3 is 2.77 bits per heavy atom. The molecule has 5 rings (SSSR count). The molecule has 9 nitrogen and oxygen atoms in total. The molecule has 0 bridgehead atoms. The molecular formula is C21H22N8O. The van der Waals surface area contributed by atoms with Gasteiger partial charge in [-0.05, 0) is 43.9 Å². The van der Waals surface area contributed by atoms with Gasteiger partial charge < -0.3 is 4.90 Å². The monoisotopic (exact) mass is 402 g/mol. The Hall–Kier alpha value is -3.62. The number of rotatable bonds is 4. The number of hydrogen-bond acceptors (Lipinski definition) is 7. The van der Waals surface area contributed by atoms with Crippen molar-refractivity contribution in [3.8, 4) is 5.82 Å². The van der Waals surface area contributed by atoms with Crippen molar-refractivity contribution < 1.29 is 0 Å². The minimum Gasteiger partial charge on any atom is -0.356 e. The standard InChI is InChI=1S/C21H22N8O/c1-15-24-18-13-22-9-5-17(18)21(25-15)27-11-6-16(7-12-27)14-29-20(30)4-3-19(26-29)28-10-2-8-23-28/h2-5,8-10,13,16H,6-7,11-12,14H2,1H3. The van der Waals surface area contributed by atoms with Crippen LogP contribution in [0.2, 0.25) is 0 Å². The van der Waals surface area contributed by atoms with Crippen LogP contribution in [0.4, 0.5) is 5.82 Å². The zero-order valence-electron chi connectivity index (χ0n) is 16.7. The van der Waals surface area contributed by atoms with Crippen molar-refractivity contribution in [2.24, 2.45) is 5.92 Å². The van der Waals surface area contributed by atoms with E-state index in [1.165, 1.54) is 0 Å². The molecule has 0 spiro atoms. The van der Waals surface area contributed by atoms with Crippen molar-refractivity contribution >= 4 is 16.7 Å². The van der Waals surface area contributed by atoms with Crippen LogP contribution in [0.3, 0.4) is 0 Å². The second kappa shape index (κ2) is 7.66. The van der Waals surface area contributed by atoms with Gasteiger partial charge in [0.05, 0.1) is 11.7 Å². The van der Waals surface area contributed by atoms with Crippen LogP contribution >= 0.6 is 0 Å². The van der Waals surface area contributed by atoms with E-state index in [-0.39, 0.29) is 5.56 Å². The number of piperidine rings is 1. The average molecular weight is 402 g/mol. The maximum Gasteiger partial charge on any atom is 0.266 e. The topological polar surface area (TPSA) is 94.6 Å². The van der Waals surface area contributed by atoms with Crippen molar-refractivity contribution in [3.05, 3.63) is 65.2 Å². The summed E-state index contributed by atoms with van der Waals surface area (Å²) in [6.45, 7) is 4.28. The van der Waals surface area contributed by atoms with Crippen molar-refractivity contribution in [2.75, 3.05) is 18.0 Å². The van der Waals surface area contributed by atoms with Crippen molar-refractivity contribution in [1.82, 2.24) is 34.5 Å². The first-order valence-electron chi connectivity index (χ1n) is 10.1. The number of fused-ring (bicyclic) bond motifs is 1. The molecule has 4 aromatic rings. The predicted octanol–water partition coefficient (Wildman–Crippen LogP) is 1.99. The molecule has 0 saturated carbocycles. The molecule has 0 aromatic carbocycles. The lowest BCUT2D eigenvalue weighted by Crippen LogP contribution is -2.37. The number of anilines is 1. The largest absolute Gasteiger partial charge is 0.356 e. The molecule has 0 amide bonds. The van der Waals surface area contributed by atoms with Crippen molar-refractivity contribution in [1.29, 1.82) is 0 Å². The summed E-state index contributed by atoms with van der Waals surface area (Å²) in [5, 5.41) is 9.72. The first-order valence-corrected chi connectivity index (χ1v) is 10.1. The Labute approximate surface area is 173 Å². The van der Waals surface area contributed by atoms with Gasteiger partial charge in [0.25, 0.3) is 5.56 Å². The van der Waals surface area contributed by atoms with E-state index < -0.39 is 0 Å². The minimum atomic E-state index is -0.0849. The summed E-state index contributed by atoms with van der Waals surface area (Å²) in [5.74, 6) is 2.75. The van der Waals surface area contributed by atoms with Gasteiger partial charge in [0.2, 0.25) is 0 Å². The Balaban J connectivity index is 1.32. The summed E-state index contributed by atoms with van der Waals surface area (Å²) in [4.78, 5) is 28.0. The van der Waals surface area contributed by atoms with Gasteiger partial charge in [0.1, 0.15) is 11.6 Å². The van der Waals surface area contributed by atoms with Crippen LogP contribution in [0.5, 0.6) is 0 Å². The molecular weight excluding hydrogens is 380 g/mol. The van der Waals surface area contributed by atoms with E-state index in [1.54, 1.807) is 40.1 Å². The molecule has 1 fully saturated rings. The van der Waals surface area contributed by atoms with Gasteiger partial charge in [-0.25, -0.2) is 19.3 Å². The van der Waals surface area contributed by atoms with E-state index in [2.05, 4.69) is 25.1 Å². The molecule has 0 aliphatic carbocycles. The lowest BCUT2D eigenvalue weighted by molar-refractivity contribution is 0.334. The molecule has 0 atom stereocenters. The van der Waals surface area contributed by atoms with Crippen LogP contribution in [0.25, 0.3) is 16.7 Å². The highest BCUT2D eigenvalue weighted by Crippen LogP contribution is 2.28. The predicted molar refractivity (Wildman–Crippen MR) is 113 cm³/mol. The van der Waals surface area contributed by atoms with Gasteiger partial charge in [-0.15, -0.1) is 5.10 Å². The van der Waals surface area contributed by atoms with Crippen LogP contribution in [-0.4, -0.2) is 47.6 Å². The lowest BCUT2D eigenvalue weighted by atomic mass is 9.96. The van der Waals surface area contributed by atoms with Crippen LogP contribution in [0.1, 0.15) is 18.7 Å². The van der Waals surface area contributed by atoms with Gasteiger partial charge in [-0.1, -0.05) is 0 Å². The Morgan fingerprint density at radius 1 is 1.10 bits per heavy atom. The van der Waals surface area contributed by atoms with E-state index in [4.69, 9.17) is 4.98 Å². The Bertz CT molecular complexity index is 1230. The average Bonchev–Trinajstić information content (AvgIpc) is 3.30. The highest BCUT2D eigenvalue weighted by atomic mass is 16.1. The normalized spacial score (nSPS) is 15.0. The molecule has 0 N–H and O–H groups in total. The maximum absolute atomic E-state index is 12.3. The van der Waals surface area contributed by atoms with E-state index >= 15 is 0 Å². The third-order valence-electron chi connectivity index (χ3n) is 5.53. The fourth-order valence-corrected chi connectivity index (χ4v) is 3.99. The molecule has 0 unspecified atom stereocenters. The molecule has 30 heavy (non-hydrogen) atoms. The summed E-state index contributed by atoms with van der Waals surface area (Å²) in [7, 11) is 0. The molecule has 4 aromatic heterocycles. The van der Waals surface area contributed by atoms with Crippen molar-refractivity contribution in [2.45, 2.75) is 26.3 Å². The minimum absolute atomic E-state index is 0.0849. The van der Waals surface area contributed by atoms with Gasteiger partial charge in [0, 0.05) is 49.7 Å². The van der Waals surface area contributed by atoms with E-state index in [0.717, 1.165) is 48.5 Å². The number of aromatic nitrogens is 7. The number of aryl methyl sites for hydroxylation is 1. The van der Waals surface area contributed by atoms with Crippen LogP contribution in [0.15, 0.2) is 53.8 Å². The van der Waals surface area contributed by atoms with Crippen LogP contribution in [-0.2, 0) is 6.54 Å². The van der Waals surface area contributed by atoms with Gasteiger partial charge >= 0.3 is 0 Å². The van der Waals surface area contributed by atoms with Gasteiger partial charge in [-0.3, -0.25) is 9.78 Å². The molecule has 0 radical (unpaired) electrons. The van der Waals surface area contributed by atoms with E-state index in [1.807, 2.05) is 25.3 Å². The fourth-order valence-electron chi connectivity index (χ4n) is 3.99. The zero-order valence-corrected chi connectivity index (χ0v) is 16.7. The number of hydrogen-bond donors (Lipinski definition) is 0. The zero-order chi connectivity index (χ0) is 20.5. The summed E-state index contributed by atoms with van der Waals surface area (Å²) in [5.41, 5.74) is 0.784. The van der Waals surface area contributed by atoms with Crippen LogP contribution < -0.4 is 10.5 Å². The fraction of sp³-hybridized carbons (Fsp3) is 0.333. The Kier molecular flexibility index (Phi) is 4.70. The second-order valence-electron chi connectivity index (χ2n) is 7.58.